The molecule has 0 bridgehead atoms. The number of nitrogens with one attached hydrogen (secondary N) is 2. The molecule has 30 heavy (non-hydrogen) atoms. The Balaban J connectivity index is 1.31. The van der Waals surface area contributed by atoms with Gasteiger partial charge < -0.3 is 24.8 Å². The molecular weight excluding hydrogens is 384 g/mol. The Morgan fingerprint density at radius 3 is 2.77 bits per heavy atom. The first kappa shape index (κ1) is 18.6. The van der Waals surface area contributed by atoms with E-state index in [0.717, 1.165) is 37.0 Å². The Bertz CT molecular complexity index is 1090. The summed E-state index contributed by atoms with van der Waals surface area (Å²) in [7, 11) is 0. The summed E-state index contributed by atoms with van der Waals surface area (Å²) in [4.78, 5) is 31.5. The van der Waals surface area contributed by atoms with Crippen LogP contribution in [0.4, 0.5) is 22.4 Å². The van der Waals surface area contributed by atoms with Crippen molar-refractivity contribution < 1.29 is 9.53 Å². The van der Waals surface area contributed by atoms with E-state index in [1.54, 1.807) is 12.4 Å². The van der Waals surface area contributed by atoms with Gasteiger partial charge in [0.05, 0.1) is 24.6 Å². The number of imidazole rings is 1. The lowest BCUT2D eigenvalue weighted by molar-refractivity contribution is 0.0365. The molecule has 10 nitrogen and oxygen atoms in total. The standard InChI is InChI=1S/C20H24N8O2/c1-13(2)28-12-24-14-10-22-17(9-15(14)28)25-16-3-6-21-18(26-16)27-7-4-20(5-8-27)11-23-19(29)30-20/h3,6,9-10,12-13H,4-5,7-8,11H2,1-2H3,(H,23,29)(H,21,22,25,26). The summed E-state index contributed by atoms with van der Waals surface area (Å²) in [5, 5.41) is 6.04. The van der Waals surface area contributed by atoms with E-state index >= 15 is 0 Å². The maximum absolute atomic E-state index is 11.4. The lowest BCUT2D eigenvalue weighted by Crippen LogP contribution is -2.47. The lowest BCUT2D eigenvalue weighted by atomic mass is 9.92. The second-order valence-electron chi connectivity index (χ2n) is 8.08. The normalized spacial score (nSPS) is 18.1. The number of carbonyl (C=O) groups excluding carboxylic acids is 1. The average Bonchev–Trinajstić information content (AvgIpc) is 3.32. The van der Waals surface area contributed by atoms with Crippen LogP contribution in [-0.2, 0) is 4.74 Å². The minimum Gasteiger partial charge on any atom is -0.441 e. The van der Waals surface area contributed by atoms with E-state index in [1.807, 2.05) is 18.5 Å². The molecule has 0 aliphatic carbocycles. The van der Waals surface area contributed by atoms with Crippen molar-refractivity contribution in [1.29, 1.82) is 0 Å². The molecule has 0 saturated carbocycles. The molecule has 2 aliphatic rings. The lowest BCUT2D eigenvalue weighted by Gasteiger charge is -2.37. The summed E-state index contributed by atoms with van der Waals surface area (Å²) in [6.07, 6.45) is 6.52. The van der Waals surface area contributed by atoms with Gasteiger partial charge in [0.1, 0.15) is 22.8 Å². The van der Waals surface area contributed by atoms with Gasteiger partial charge in [0, 0.05) is 44.2 Å². The number of amides is 1. The monoisotopic (exact) mass is 408 g/mol. The molecule has 1 spiro atoms. The van der Waals surface area contributed by atoms with Crippen LogP contribution in [-0.4, -0.2) is 55.8 Å². The fraction of sp³-hybridized carbons (Fsp3) is 0.450. The van der Waals surface area contributed by atoms with Gasteiger partial charge in [-0.05, 0) is 19.9 Å². The molecule has 2 fully saturated rings. The number of aromatic nitrogens is 5. The first-order valence-corrected chi connectivity index (χ1v) is 10.2. The Morgan fingerprint density at radius 2 is 2.03 bits per heavy atom. The van der Waals surface area contributed by atoms with Crippen LogP contribution in [0.25, 0.3) is 11.0 Å². The van der Waals surface area contributed by atoms with E-state index in [-0.39, 0.29) is 11.7 Å². The number of anilines is 3. The molecule has 1 amide bonds. The Hall–Kier alpha value is -3.43. The van der Waals surface area contributed by atoms with E-state index in [2.05, 4.69) is 53.9 Å². The van der Waals surface area contributed by atoms with Crippen LogP contribution in [0.3, 0.4) is 0 Å². The number of piperidine rings is 1. The van der Waals surface area contributed by atoms with E-state index in [9.17, 15) is 4.79 Å². The van der Waals surface area contributed by atoms with E-state index < -0.39 is 0 Å². The van der Waals surface area contributed by atoms with Crippen molar-refractivity contribution in [1.82, 2.24) is 29.8 Å². The molecule has 5 rings (SSSR count). The highest BCUT2D eigenvalue weighted by molar-refractivity contribution is 5.78. The molecule has 2 saturated heterocycles. The number of alkyl carbamates (subject to hydrolysis) is 1. The summed E-state index contributed by atoms with van der Waals surface area (Å²) in [6, 6.07) is 4.12. The molecule has 2 N–H and O–H groups in total. The van der Waals surface area contributed by atoms with Crippen LogP contribution in [0.2, 0.25) is 0 Å². The third-order valence-corrected chi connectivity index (χ3v) is 5.74. The predicted octanol–water partition coefficient (Wildman–Crippen LogP) is 2.62. The van der Waals surface area contributed by atoms with Gasteiger partial charge >= 0.3 is 6.09 Å². The number of fused-ring (bicyclic) bond motifs is 1. The Kier molecular flexibility index (Phi) is 4.41. The number of hydrogen-bond acceptors (Lipinski definition) is 8. The molecule has 5 heterocycles. The van der Waals surface area contributed by atoms with Crippen molar-refractivity contribution in [2.24, 2.45) is 0 Å². The minimum atomic E-state index is -0.387. The van der Waals surface area contributed by atoms with Crippen LogP contribution in [0, 0.1) is 0 Å². The SMILES string of the molecule is CC(C)n1cnc2cnc(Nc3ccnc(N4CCC5(CC4)CNC(=O)O5)n3)cc21. The zero-order chi connectivity index (χ0) is 20.7. The van der Waals surface area contributed by atoms with Gasteiger partial charge in [-0.25, -0.2) is 19.7 Å². The topological polar surface area (TPSA) is 110 Å². The molecule has 0 radical (unpaired) electrons. The van der Waals surface area contributed by atoms with Gasteiger partial charge in [-0.3, -0.25) is 0 Å². The fourth-order valence-corrected chi connectivity index (χ4v) is 4.01. The Labute approximate surface area is 173 Å². The maximum atomic E-state index is 11.4. The predicted molar refractivity (Wildman–Crippen MR) is 112 cm³/mol. The molecule has 0 unspecified atom stereocenters. The highest BCUT2D eigenvalue weighted by Crippen LogP contribution is 2.31. The van der Waals surface area contributed by atoms with Crippen molar-refractivity contribution >= 4 is 34.7 Å². The number of rotatable bonds is 4. The summed E-state index contributed by atoms with van der Waals surface area (Å²) >= 11 is 0. The smallest absolute Gasteiger partial charge is 0.407 e. The van der Waals surface area contributed by atoms with Crippen molar-refractivity contribution in [3.05, 3.63) is 30.9 Å². The van der Waals surface area contributed by atoms with Crippen LogP contribution in [0.1, 0.15) is 32.7 Å². The zero-order valence-corrected chi connectivity index (χ0v) is 17.0. The van der Waals surface area contributed by atoms with Gasteiger partial charge in [0.2, 0.25) is 5.95 Å². The molecule has 3 aromatic rings. The molecular formula is C20H24N8O2. The van der Waals surface area contributed by atoms with Crippen LogP contribution in [0.15, 0.2) is 30.9 Å². The Morgan fingerprint density at radius 1 is 1.20 bits per heavy atom. The number of carbonyl (C=O) groups is 1. The maximum Gasteiger partial charge on any atom is 0.407 e. The summed E-state index contributed by atoms with van der Waals surface area (Å²) in [6.45, 7) is 6.28. The van der Waals surface area contributed by atoms with Crippen LogP contribution in [0.5, 0.6) is 0 Å². The van der Waals surface area contributed by atoms with Crippen LogP contribution >= 0.6 is 0 Å². The molecule has 156 valence electrons. The van der Waals surface area contributed by atoms with Gasteiger partial charge in [0.25, 0.3) is 0 Å². The average molecular weight is 408 g/mol. The van der Waals surface area contributed by atoms with Crippen molar-refractivity contribution in [2.45, 2.75) is 38.3 Å². The van der Waals surface area contributed by atoms with Crippen molar-refractivity contribution in [2.75, 3.05) is 29.9 Å². The van der Waals surface area contributed by atoms with Crippen molar-refractivity contribution in [3.8, 4) is 0 Å². The quantitative estimate of drug-likeness (QED) is 0.678. The first-order chi connectivity index (χ1) is 14.5. The first-order valence-electron chi connectivity index (χ1n) is 10.2. The number of hydrogen-bond donors (Lipinski definition) is 2. The van der Waals surface area contributed by atoms with Gasteiger partial charge in [-0.1, -0.05) is 0 Å². The largest absolute Gasteiger partial charge is 0.441 e. The fourth-order valence-electron chi connectivity index (χ4n) is 4.01. The molecule has 0 aromatic carbocycles. The van der Waals surface area contributed by atoms with Gasteiger partial charge in [-0.2, -0.15) is 4.98 Å². The van der Waals surface area contributed by atoms with Crippen LogP contribution < -0.4 is 15.5 Å². The number of ether oxygens (including phenoxy) is 1. The number of nitrogens with zero attached hydrogens (tertiary/aromatic N) is 6. The summed E-state index contributed by atoms with van der Waals surface area (Å²) in [5.74, 6) is 2.04. The third-order valence-electron chi connectivity index (χ3n) is 5.74. The molecule has 2 aliphatic heterocycles. The summed E-state index contributed by atoms with van der Waals surface area (Å²) < 4.78 is 7.60. The second-order valence-corrected chi connectivity index (χ2v) is 8.08. The molecule has 3 aromatic heterocycles. The van der Waals surface area contributed by atoms with Crippen molar-refractivity contribution in [3.63, 3.8) is 0 Å². The highest BCUT2D eigenvalue weighted by atomic mass is 16.6. The summed E-state index contributed by atoms with van der Waals surface area (Å²) in [5.41, 5.74) is 1.50. The number of pyridine rings is 1. The highest BCUT2D eigenvalue weighted by Gasteiger charge is 2.43. The van der Waals surface area contributed by atoms with Gasteiger partial charge in [0.15, 0.2) is 0 Å². The van der Waals surface area contributed by atoms with E-state index in [4.69, 9.17) is 4.74 Å². The third kappa shape index (κ3) is 3.38. The zero-order valence-electron chi connectivity index (χ0n) is 17.0. The molecule has 10 heteroatoms. The molecule has 0 atom stereocenters. The van der Waals surface area contributed by atoms with E-state index in [1.165, 1.54) is 0 Å². The minimum absolute atomic E-state index is 0.313. The van der Waals surface area contributed by atoms with Gasteiger partial charge in [-0.15, -0.1) is 0 Å². The second kappa shape index (κ2) is 7.12. The van der Waals surface area contributed by atoms with E-state index in [0.29, 0.717) is 30.2 Å².